The first-order chi connectivity index (χ1) is 8.11. The van der Waals surface area contributed by atoms with E-state index in [0.717, 1.165) is 20.1 Å². The molecule has 0 atom stereocenters. The van der Waals surface area contributed by atoms with Crippen molar-refractivity contribution in [3.8, 4) is 6.07 Å². The predicted octanol–water partition coefficient (Wildman–Crippen LogP) is 3.51. The predicted molar refractivity (Wildman–Crippen MR) is 70.9 cm³/mol. The number of rotatable bonds is 2. The maximum absolute atomic E-state index is 9.12. The van der Waals surface area contributed by atoms with Gasteiger partial charge in [0.05, 0.1) is 5.69 Å². The Labute approximate surface area is 113 Å². The van der Waals surface area contributed by atoms with Gasteiger partial charge >= 0.3 is 0 Å². The third-order valence-corrected chi connectivity index (χ3v) is 3.94. The quantitative estimate of drug-likeness (QED) is 0.852. The minimum Gasteiger partial charge on any atom is -0.260 e. The summed E-state index contributed by atoms with van der Waals surface area (Å²) in [5.41, 5.74) is 1.42. The molecule has 86 valence electrons. The second kappa shape index (κ2) is 4.94. The molecule has 17 heavy (non-hydrogen) atoms. The van der Waals surface area contributed by atoms with Crippen LogP contribution in [0.25, 0.3) is 0 Å². The van der Waals surface area contributed by atoms with Crippen molar-refractivity contribution >= 4 is 27.7 Å². The summed E-state index contributed by atoms with van der Waals surface area (Å²) in [5.74, 6) is 0. The standard InChI is InChI=1S/C12H10BrN3S/c1-8-11(7-14)12(16(2)15-8)17-10-5-3-4-9(13)6-10/h3-6H,1-2H3. The van der Waals surface area contributed by atoms with Crippen LogP contribution in [0.15, 0.2) is 38.7 Å². The van der Waals surface area contributed by atoms with Crippen molar-refractivity contribution < 1.29 is 0 Å². The van der Waals surface area contributed by atoms with E-state index in [4.69, 9.17) is 5.26 Å². The molecule has 1 aromatic carbocycles. The van der Waals surface area contributed by atoms with E-state index in [1.807, 2.05) is 38.2 Å². The van der Waals surface area contributed by atoms with Crippen LogP contribution in [-0.2, 0) is 7.05 Å². The van der Waals surface area contributed by atoms with E-state index in [1.54, 1.807) is 16.4 Å². The largest absolute Gasteiger partial charge is 0.260 e. The molecule has 1 heterocycles. The van der Waals surface area contributed by atoms with Gasteiger partial charge in [0, 0.05) is 16.4 Å². The minimum absolute atomic E-state index is 0.650. The Morgan fingerprint density at radius 3 is 2.88 bits per heavy atom. The molecule has 0 saturated heterocycles. The molecule has 0 bridgehead atoms. The fourth-order valence-corrected chi connectivity index (χ4v) is 3.10. The van der Waals surface area contributed by atoms with Gasteiger partial charge in [0.2, 0.25) is 0 Å². The Kier molecular flexibility index (Phi) is 3.55. The normalized spacial score (nSPS) is 10.2. The average molecular weight is 308 g/mol. The van der Waals surface area contributed by atoms with Crippen LogP contribution < -0.4 is 0 Å². The molecule has 0 aliphatic carbocycles. The van der Waals surface area contributed by atoms with Crippen LogP contribution in [0.3, 0.4) is 0 Å². The van der Waals surface area contributed by atoms with Gasteiger partial charge in [-0.3, -0.25) is 4.68 Å². The molecule has 0 aliphatic rings. The molecule has 2 rings (SSSR count). The second-order valence-corrected chi connectivity index (χ2v) is 5.54. The van der Waals surface area contributed by atoms with E-state index in [0.29, 0.717) is 5.56 Å². The van der Waals surface area contributed by atoms with Gasteiger partial charge < -0.3 is 0 Å². The van der Waals surface area contributed by atoms with Gasteiger partial charge in [-0.25, -0.2) is 0 Å². The number of halogens is 1. The monoisotopic (exact) mass is 307 g/mol. The zero-order valence-corrected chi connectivity index (χ0v) is 11.8. The molecule has 0 radical (unpaired) electrons. The molecule has 0 fully saturated rings. The van der Waals surface area contributed by atoms with E-state index >= 15 is 0 Å². The van der Waals surface area contributed by atoms with Crippen molar-refractivity contribution in [3.05, 3.63) is 40.0 Å². The minimum atomic E-state index is 0.650. The zero-order chi connectivity index (χ0) is 12.4. The number of benzene rings is 1. The van der Waals surface area contributed by atoms with Crippen molar-refractivity contribution in [1.29, 1.82) is 5.26 Å². The molecule has 0 unspecified atom stereocenters. The van der Waals surface area contributed by atoms with Gasteiger partial charge in [0.15, 0.2) is 0 Å². The summed E-state index contributed by atoms with van der Waals surface area (Å²) in [7, 11) is 1.86. The summed E-state index contributed by atoms with van der Waals surface area (Å²) in [5, 5.41) is 14.3. The summed E-state index contributed by atoms with van der Waals surface area (Å²) in [6.07, 6.45) is 0. The first kappa shape index (κ1) is 12.2. The Morgan fingerprint density at radius 1 is 1.47 bits per heavy atom. The maximum atomic E-state index is 9.12. The van der Waals surface area contributed by atoms with Gasteiger partial charge in [-0.15, -0.1) is 0 Å². The van der Waals surface area contributed by atoms with Crippen LogP contribution in [0.2, 0.25) is 0 Å². The number of nitriles is 1. The van der Waals surface area contributed by atoms with E-state index < -0.39 is 0 Å². The number of hydrogen-bond donors (Lipinski definition) is 0. The van der Waals surface area contributed by atoms with Crippen molar-refractivity contribution in [2.24, 2.45) is 7.05 Å². The number of nitrogens with zero attached hydrogens (tertiary/aromatic N) is 3. The van der Waals surface area contributed by atoms with Gasteiger partial charge in [0.25, 0.3) is 0 Å². The van der Waals surface area contributed by atoms with Crippen LogP contribution >= 0.6 is 27.7 Å². The average Bonchev–Trinajstić information content (AvgIpc) is 2.53. The third kappa shape index (κ3) is 2.54. The number of aromatic nitrogens is 2. The highest BCUT2D eigenvalue weighted by Crippen LogP contribution is 2.32. The van der Waals surface area contributed by atoms with E-state index in [-0.39, 0.29) is 0 Å². The second-order valence-electron chi connectivity index (χ2n) is 3.56. The first-order valence-electron chi connectivity index (χ1n) is 4.99. The summed E-state index contributed by atoms with van der Waals surface area (Å²) >= 11 is 4.98. The SMILES string of the molecule is Cc1nn(C)c(Sc2cccc(Br)c2)c1C#N. The van der Waals surface area contributed by atoms with E-state index in [1.165, 1.54) is 0 Å². The van der Waals surface area contributed by atoms with Crippen LogP contribution in [0, 0.1) is 18.3 Å². The van der Waals surface area contributed by atoms with Gasteiger partial charge in [-0.05, 0) is 25.1 Å². The van der Waals surface area contributed by atoms with Crippen molar-refractivity contribution in [2.75, 3.05) is 0 Å². The molecule has 0 spiro atoms. The highest BCUT2D eigenvalue weighted by Gasteiger charge is 2.13. The van der Waals surface area contributed by atoms with Crippen LogP contribution in [-0.4, -0.2) is 9.78 Å². The Balaban J connectivity index is 2.40. The summed E-state index contributed by atoms with van der Waals surface area (Å²) in [4.78, 5) is 1.08. The molecule has 2 aromatic rings. The van der Waals surface area contributed by atoms with Gasteiger partial charge in [-0.2, -0.15) is 10.4 Å². The lowest BCUT2D eigenvalue weighted by molar-refractivity contribution is 0.692. The topological polar surface area (TPSA) is 41.6 Å². The Bertz CT molecular complexity index is 598. The Hall–Kier alpha value is -1.25. The molecule has 0 amide bonds. The number of aryl methyl sites for hydroxylation is 2. The molecule has 0 saturated carbocycles. The third-order valence-electron chi connectivity index (χ3n) is 2.29. The highest BCUT2D eigenvalue weighted by atomic mass is 79.9. The van der Waals surface area contributed by atoms with Crippen LogP contribution in [0.4, 0.5) is 0 Å². The first-order valence-corrected chi connectivity index (χ1v) is 6.60. The van der Waals surface area contributed by atoms with Crippen molar-refractivity contribution in [2.45, 2.75) is 16.8 Å². The molecular formula is C12H10BrN3S. The smallest absolute Gasteiger partial charge is 0.117 e. The van der Waals surface area contributed by atoms with Crippen LogP contribution in [0.5, 0.6) is 0 Å². The number of hydrogen-bond acceptors (Lipinski definition) is 3. The molecule has 0 aliphatic heterocycles. The lowest BCUT2D eigenvalue weighted by atomic mass is 10.3. The lowest BCUT2D eigenvalue weighted by Gasteiger charge is -2.02. The Morgan fingerprint density at radius 2 is 2.24 bits per heavy atom. The summed E-state index contributed by atoms with van der Waals surface area (Å²) in [6.45, 7) is 1.85. The lowest BCUT2D eigenvalue weighted by Crippen LogP contribution is -1.92. The van der Waals surface area contributed by atoms with Crippen LogP contribution in [0.1, 0.15) is 11.3 Å². The van der Waals surface area contributed by atoms with E-state index in [9.17, 15) is 0 Å². The van der Waals surface area contributed by atoms with Crippen molar-refractivity contribution in [3.63, 3.8) is 0 Å². The fourth-order valence-electron chi connectivity index (χ4n) is 1.52. The van der Waals surface area contributed by atoms with Gasteiger partial charge in [0.1, 0.15) is 16.7 Å². The zero-order valence-electron chi connectivity index (χ0n) is 9.44. The molecular weight excluding hydrogens is 298 g/mol. The molecule has 5 heteroatoms. The van der Waals surface area contributed by atoms with Crippen molar-refractivity contribution in [1.82, 2.24) is 9.78 Å². The molecule has 0 N–H and O–H groups in total. The van der Waals surface area contributed by atoms with Gasteiger partial charge in [-0.1, -0.05) is 33.8 Å². The molecule has 1 aromatic heterocycles. The highest BCUT2D eigenvalue weighted by molar-refractivity contribution is 9.10. The fraction of sp³-hybridized carbons (Fsp3) is 0.167. The maximum Gasteiger partial charge on any atom is 0.117 e. The summed E-state index contributed by atoms with van der Waals surface area (Å²) < 4.78 is 2.78. The molecule has 3 nitrogen and oxygen atoms in total. The summed E-state index contributed by atoms with van der Waals surface area (Å²) in [6, 6.07) is 10.2. The van der Waals surface area contributed by atoms with E-state index in [2.05, 4.69) is 27.1 Å².